The molecule has 0 aliphatic rings. The van der Waals surface area contributed by atoms with Crippen molar-refractivity contribution in [3.63, 3.8) is 0 Å². The fraction of sp³-hybridized carbons (Fsp3) is 0.368. The summed E-state index contributed by atoms with van der Waals surface area (Å²) in [6.45, 7) is 5.03. The van der Waals surface area contributed by atoms with Crippen molar-refractivity contribution in [2.75, 3.05) is 5.32 Å². The number of nitrogens with zero attached hydrogens (tertiary/aromatic N) is 2. The number of nitrogens with one attached hydrogen (secondary N) is 1. The second kappa shape index (κ2) is 8.57. The molecule has 1 aromatic carbocycles. The largest absolute Gasteiger partial charge is 0.453 e. The van der Waals surface area contributed by atoms with Crippen molar-refractivity contribution >= 4 is 23.3 Å². The zero-order chi connectivity index (χ0) is 20.1. The number of hydrogen-bond donors (Lipinski definition) is 1. The number of amides is 1. The number of halogens is 1. The summed E-state index contributed by atoms with van der Waals surface area (Å²) >= 11 is 0. The summed E-state index contributed by atoms with van der Waals surface area (Å²) < 4.78 is 19.6. The summed E-state index contributed by atoms with van der Waals surface area (Å²) in [5.41, 5.74) is 2.34. The van der Waals surface area contributed by atoms with Gasteiger partial charge in [-0.3, -0.25) is 19.1 Å². The number of ether oxygens (including phenoxy) is 1. The Morgan fingerprint density at radius 2 is 1.81 bits per heavy atom. The number of aryl methyl sites for hydroxylation is 2. The van der Waals surface area contributed by atoms with Crippen LogP contribution in [0, 0.1) is 19.7 Å². The molecular weight excluding hydrogens is 353 g/mol. The molecule has 2 rings (SSSR count). The quantitative estimate of drug-likeness (QED) is 0.594. The number of carbonyl (C=O) groups is 3. The zero-order valence-electron chi connectivity index (χ0n) is 15.7. The third-order valence-electron chi connectivity index (χ3n) is 4.16. The van der Waals surface area contributed by atoms with Gasteiger partial charge < -0.3 is 10.1 Å². The van der Waals surface area contributed by atoms with Crippen LogP contribution in [0.3, 0.4) is 0 Å². The molecular formula is C19H22FN3O4. The first kappa shape index (κ1) is 20.3. The Bertz CT molecular complexity index is 859. The van der Waals surface area contributed by atoms with E-state index in [9.17, 15) is 18.8 Å². The minimum Gasteiger partial charge on any atom is -0.453 e. The van der Waals surface area contributed by atoms with Crippen LogP contribution in [0.5, 0.6) is 0 Å². The number of carbonyl (C=O) groups excluding carboxylic acids is 3. The molecule has 1 aromatic heterocycles. The average Bonchev–Trinajstić information content (AvgIpc) is 2.86. The summed E-state index contributed by atoms with van der Waals surface area (Å²) in [5.74, 6) is -1.88. The van der Waals surface area contributed by atoms with E-state index >= 15 is 0 Å². The number of Topliss-reactive ketones (excluding diaryl/α,β-unsaturated/α-hetero) is 1. The van der Waals surface area contributed by atoms with Gasteiger partial charge in [0, 0.05) is 19.0 Å². The van der Waals surface area contributed by atoms with Crippen LogP contribution < -0.4 is 5.32 Å². The van der Waals surface area contributed by atoms with Crippen LogP contribution in [-0.2, 0) is 21.4 Å². The highest BCUT2D eigenvalue weighted by molar-refractivity contribution is 5.98. The lowest BCUT2D eigenvalue weighted by atomic mass is 10.1. The van der Waals surface area contributed by atoms with E-state index in [4.69, 9.17) is 4.74 Å². The highest BCUT2D eigenvalue weighted by atomic mass is 19.1. The van der Waals surface area contributed by atoms with Crippen molar-refractivity contribution in [3.05, 3.63) is 47.0 Å². The van der Waals surface area contributed by atoms with E-state index in [0.29, 0.717) is 16.9 Å². The second-order valence-corrected chi connectivity index (χ2v) is 6.22. The Kier molecular flexibility index (Phi) is 6.44. The van der Waals surface area contributed by atoms with Crippen molar-refractivity contribution < 1.29 is 23.5 Å². The molecule has 27 heavy (non-hydrogen) atoms. The van der Waals surface area contributed by atoms with Gasteiger partial charge in [0.1, 0.15) is 5.82 Å². The maximum atomic E-state index is 12.9. The van der Waals surface area contributed by atoms with Crippen LogP contribution in [0.1, 0.15) is 41.5 Å². The minimum atomic E-state index is -1.02. The summed E-state index contributed by atoms with van der Waals surface area (Å²) in [6, 6.07) is 5.08. The fourth-order valence-electron chi connectivity index (χ4n) is 2.48. The Morgan fingerprint density at radius 3 is 2.37 bits per heavy atom. The van der Waals surface area contributed by atoms with Crippen LogP contribution in [0.4, 0.5) is 10.1 Å². The number of rotatable bonds is 7. The molecule has 1 atom stereocenters. The SMILES string of the molecule is Cc1nn(C)c(C)c1NC(=O)[C@@H](C)OC(=O)CCC(=O)c1ccc(F)cc1. The lowest BCUT2D eigenvalue weighted by Gasteiger charge is -2.13. The monoisotopic (exact) mass is 375 g/mol. The van der Waals surface area contributed by atoms with Gasteiger partial charge in [-0.15, -0.1) is 0 Å². The molecule has 0 radical (unpaired) electrons. The standard InChI is InChI=1S/C19H22FN3O4/c1-11-18(12(2)23(4)22-11)21-19(26)13(3)27-17(25)10-9-16(24)14-5-7-15(20)8-6-14/h5-8,13H,9-10H2,1-4H3,(H,21,26)/t13-/m1/s1. The first-order chi connectivity index (χ1) is 12.7. The molecule has 7 nitrogen and oxygen atoms in total. The average molecular weight is 375 g/mol. The topological polar surface area (TPSA) is 90.3 Å². The van der Waals surface area contributed by atoms with E-state index in [1.54, 1.807) is 18.7 Å². The molecule has 1 amide bonds. The highest BCUT2D eigenvalue weighted by Crippen LogP contribution is 2.19. The van der Waals surface area contributed by atoms with Crippen LogP contribution in [0.2, 0.25) is 0 Å². The van der Waals surface area contributed by atoms with E-state index in [0.717, 1.165) is 5.69 Å². The van der Waals surface area contributed by atoms with Gasteiger partial charge in [-0.25, -0.2) is 4.39 Å². The van der Waals surface area contributed by atoms with Gasteiger partial charge in [0.25, 0.3) is 5.91 Å². The van der Waals surface area contributed by atoms with Crippen LogP contribution >= 0.6 is 0 Å². The van der Waals surface area contributed by atoms with E-state index in [2.05, 4.69) is 10.4 Å². The van der Waals surface area contributed by atoms with Gasteiger partial charge in [0.2, 0.25) is 0 Å². The summed E-state index contributed by atoms with van der Waals surface area (Å²) in [7, 11) is 1.76. The molecule has 0 fully saturated rings. The minimum absolute atomic E-state index is 0.0837. The maximum absolute atomic E-state index is 12.9. The lowest BCUT2D eigenvalue weighted by Crippen LogP contribution is -2.30. The highest BCUT2D eigenvalue weighted by Gasteiger charge is 2.21. The number of anilines is 1. The van der Waals surface area contributed by atoms with E-state index in [-0.39, 0.29) is 18.6 Å². The smallest absolute Gasteiger partial charge is 0.307 e. The first-order valence-corrected chi connectivity index (χ1v) is 8.48. The predicted octanol–water partition coefficient (Wildman–Crippen LogP) is 2.71. The van der Waals surface area contributed by atoms with Crippen molar-refractivity contribution in [3.8, 4) is 0 Å². The molecule has 0 bridgehead atoms. The van der Waals surface area contributed by atoms with Crippen molar-refractivity contribution in [2.45, 2.75) is 39.7 Å². The van der Waals surface area contributed by atoms with Gasteiger partial charge in [-0.05, 0) is 45.0 Å². The first-order valence-electron chi connectivity index (χ1n) is 8.48. The zero-order valence-corrected chi connectivity index (χ0v) is 15.7. The van der Waals surface area contributed by atoms with Crippen molar-refractivity contribution in [1.82, 2.24) is 9.78 Å². The summed E-state index contributed by atoms with van der Waals surface area (Å²) in [6.07, 6.45) is -1.27. The molecule has 2 aromatic rings. The summed E-state index contributed by atoms with van der Waals surface area (Å²) in [5, 5.41) is 6.90. The molecule has 1 heterocycles. The molecule has 0 saturated carbocycles. The van der Waals surface area contributed by atoms with Gasteiger partial charge >= 0.3 is 5.97 Å². The fourth-order valence-corrected chi connectivity index (χ4v) is 2.48. The van der Waals surface area contributed by atoms with Gasteiger partial charge in [0.15, 0.2) is 11.9 Å². The Hall–Kier alpha value is -3.03. The normalized spacial score (nSPS) is 11.7. The molecule has 0 aliphatic carbocycles. The molecule has 1 N–H and O–H groups in total. The van der Waals surface area contributed by atoms with Crippen LogP contribution in [0.25, 0.3) is 0 Å². The van der Waals surface area contributed by atoms with Crippen LogP contribution in [-0.4, -0.2) is 33.5 Å². The molecule has 144 valence electrons. The summed E-state index contributed by atoms with van der Waals surface area (Å²) in [4.78, 5) is 36.1. The number of esters is 1. The van der Waals surface area contributed by atoms with Crippen molar-refractivity contribution in [1.29, 1.82) is 0 Å². The van der Waals surface area contributed by atoms with Crippen LogP contribution in [0.15, 0.2) is 24.3 Å². The van der Waals surface area contributed by atoms with E-state index in [1.807, 2.05) is 6.92 Å². The third-order valence-corrected chi connectivity index (χ3v) is 4.16. The number of ketones is 1. The molecule has 0 saturated heterocycles. The Morgan fingerprint density at radius 1 is 1.19 bits per heavy atom. The van der Waals surface area contributed by atoms with Gasteiger partial charge in [-0.2, -0.15) is 5.10 Å². The molecule has 0 aliphatic heterocycles. The number of aromatic nitrogens is 2. The lowest BCUT2D eigenvalue weighted by molar-refractivity contribution is -0.153. The predicted molar refractivity (Wildman–Crippen MR) is 96.8 cm³/mol. The second-order valence-electron chi connectivity index (χ2n) is 6.22. The van der Waals surface area contributed by atoms with Gasteiger partial charge in [0.05, 0.1) is 23.5 Å². The molecule has 8 heteroatoms. The molecule has 0 unspecified atom stereocenters. The Balaban J connectivity index is 1.84. The van der Waals surface area contributed by atoms with Gasteiger partial charge in [-0.1, -0.05) is 0 Å². The van der Waals surface area contributed by atoms with Crippen molar-refractivity contribution in [2.24, 2.45) is 7.05 Å². The Labute approximate surface area is 156 Å². The third kappa shape index (κ3) is 5.22. The number of hydrogen-bond acceptors (Lipinski definition) is 5. The van der Waals surface area contributed by atoms with E-state index < -0.39 is 23.8 Å². The maximum Gasteiger partial charge on any atom is 0.307 e. The molecule has 0 spiro atoms. The van der Waals surface area contributed by atoms with E-state index in [1.165, 1.54) is 31.2 Å². The number of benzene rings is 1.